The van der Waals surface area contributed by atoms with Crippen LogP contribution in [0.3, 0.4) is 0 Å². The van der Waals surface area contributed by atoms with Crippen molar-refractivity contribution in [2.24, 2.45) is 0 Å². The van der Waals surface area contributed by atoms with Crippen LogP contribution in [-0.4, -0.2) is 29.1 Å². The molecule has 0 saturated heterocycles. The van der Waals surface area contributed by atoms with E-state index in [1.54, 1.807) is 0 Å². The number of aromatic nitrogens is 6. The first-order valence-electron chi connectivity index (χ1n) is 17.3. The minimum atomic E-state index is 0.568. The maximum absolute atomic E-state index is 5.16. The van der Waals surface area contributed by atoms with Crippen molar-refractivity contribution in [1.29, 1.82) is 0 Å². The highest BCUT2D eigenvalue weighted by atomic mass is 15.2. The minimum Gasteiger partial charge on any atom is -0.292 e. The van der Waals surface area contributed by atoms with Crippen molar-refractivity contribution >= 4 is 32.8 Å². The molecule has 0 N–H and O–H groups in total. The number of rotatable bonds is 6. The third-order valence-electron chi connectivity index (χ3n) is 9.61. The minimum absolute atomic E-state index is 0.568. The van der Waals surface area contributed by atoms with Crippen molar-refractivity contribution in [3.63, 3.8) is 0 Å². The number of nitrogens with zero attached hydrogens (tertiary/aromatic N) is 6. The van der Waals surface area contributed by atoms with E-state index in [1.165, 1.54) is 11.1 Å². The lowest BCUT2D eigenvalue weighted by atomic mass is 10.0. The number of benzene rings is 7. The summed E-state index contributed by atoms with van der Waals surface area (Å²) >= 11 is 0. The predicted molar refractivity (Wildman–Crippen MR) is 211 cm³/mol. The fourth-order valence-electron chi connectivity index (χ4n) is 7.14. The molecule has 0 aliphatic heterocycles. The lowest BCUT2D eigenvalue weighted by Crippen LogP contribution is -2.06. The summed E-state index contributed by atoms with van der Waals surface area (Å²) in [7, 11) is 0. The van der Waals surface area contributed by atoms with Gasteiger partial charge in [-0.3, -0.25) is 9.13 Å². The summed E-state index contributed by atoms with van der Waals surface area (Å²) in [6, 6.07) is 62.7. The van der Waals surface area contributed by atoms with Crippen molar-refractivity contribution in [1.82, 2.24) is 29.1 Å². The molecule has 0 aliphatic rings. The van der Waals surface area contributed by atoms with Crippen LogP contribution in [0, 0.1) is 0 Å². The number of para-hydroxylation sites is 3. The molecule has 0 amide bonds. The second kappa shape index (κ2) is 12.3. The molecule has 0 spiro atoms. The Labute approximate surface area is 300 Å². The molecule has 6 heteroatoms. The number of hydrogen-bond donors (Lipinski definition) is 0. The van der Waals surface area contributed by atoms with Crippen molar-refractivity contribution in [2.45, 2.75) is 0 Å². The molecular weight excluding hydrogens is 637 g/mol. The van der Waals surface area contributed by atoms with Crippen LogP contribution in [0.5, 0.6) is 0 Å². The van der Waals surface area contributed by atoms with Crippen molar-refractivity contribution in [3.05, 3.63) is 182 Å². The van der Waals surface area contributed by atoms with E-state index in [-0.39, 0.29) is 0 Å². The predicted octanol–water partition coefficient (Wildman–Crippen LogP) is 11.0. The largest absolute Gasteiger partial charge is 0.292 e. The van der Waals surface area contributed by atoms with E-state index in [9.17, 15) is 0 Å². The van der Waals surface area contributed by atoms with Crippen LogP contribution in [0.4, 0.5) is 0 Å². The van der Waals surface area contributed by atoms with Gasteiger partial charge in [0.15, 0.2) is 11.6 Å². The molecule has 0 radical (unpaired) electrons. The van der Waals surface area contributed by atoms with E-state index in [0.717, 1.165) is 61.0 Å². The first-order chi connectivity index (χ1) is 25.8. The Morgan fingerprint density at radius 1 is 0.327 bits per heavy atom. The van der Waals surface area contributed by atoms with Gasteiger partial charge in [-0.2, -0.15) is 9.97 Å². The van der Waals surface area contributed by atoms with Crippen LogP contribution in [0.2, 0.25) is 0 Å². The summed E-state index contributed by atoms with van der Waals surface area (Å²) in [5, 5.41) is 2.21. The molecule has 3 aromatic heterocycles. The zero-order valence-corrected chi connectivity index (χ0v) is 28.0. The molecule has 0 fully saturated rings. The number of fused-ring (bicyclic) bond motifs is 4. The summed E-state index contributed by atoms with van der Waals surface area (Å²) in [6.07, 6.45) is 0. The summed E-state index contributed by atoms with van der Waals surface area (Å²) in [4.78, 5) is 20.3. The van der Waals surface area contributed by atoms with Crippen LogP contribution in [0.25, 0.3) is 89.8 Å². The third-order valence-corrected chi connectivity index (χ3v) is 9.61. The van der Waals surface area contributed by atoms with E-state index < -0.39 is 0 Å². The molecule has 10 aromatic rings. The Morgan fingerprint density at radius 3 is 1.52 bits per heavy atom. The smallest absolute Gasteiger partial charge is 0.238 e. The Hall–Kier alpha value is -7.18. The number of hydrogen-bond acceptors (Lipinski definition) is 4. The molecule has 244 valence electrons. The maximum Gasteiger partial charge on any atom is 0.238 e. The van der Waals surface area contributed by atoms with E-state index in [4.69, 9.17) is 19.9 Å². The van der Waals surface area contributed by atoms with Gasteiger partial charge in [0.05, 0.1) is 22.1 Å². The molecule has 6 nitrogen and oxygen atoms in total. The SMILES string of the molecule is c1ccc(-c2ccc(-c3nc4ccccc4n3-c3ccc4c(c3)c3ccccc3n4-c3nc(-c4ccccc4)nc(-c4ccccc4)n3)cc2)cc1. The normalized spacial score (nSPS) is 11.5. The second-order valence-electron chi connectivity index (χ2n) is 12.8. The summed E-state index contributed by atoms with van der Waals surface area (Å²) in [5.41, 5.74) is 10.3. The van der Waals surface area contributed by atoms with Gasteiger partial charge in [-0.25, -0.2) is 9.97 Å². The van der Waals surface area contributed by atoms with Crippen LogP contribution in [-0.2, 0) is 0 Å². The summed E-state index contributed by atoms with van der Waals surface area (Å²) < 4.78 is 4.42. The molecule has 0 atom stereocenters. The molecule has 0 saturated carbocycles. The highest BCUT2D eigenvalue weighted by Crippen LogP contribution is 2.36. The molecule has 0 aliphatic carbocycles. The highest BCUT2D eigenvalue weighted by Gasteiger charge is 2.20. The van der Waals surface area contributed by atoms with Gasteiger partial charge in [0.25, 0.3) is 0 Å². The van der Waals surface area contributed by atoms with E-state index in [1.807, 2.05) is 72.8 Å². The molecule has 7 aromatic carbocycles. The van der Waals surface area contributed by atoms with Crippen LogP contribution in [0.15, 0.2) is 182 Å². The average molecular weight is 667 g/mol. The van der Waals surface area contributed by atoms with Gasteiger partial charge < -0.3 is 0 Å². The zero-order chi connectivity index (χ0) is 34.4. The van der Waals surface area contributed by atoms with Gasteiger partial charge in [0.2, 0.25) is 5.95 Å². The van der Waals surface area contributed by atoms with Gasteiger partial charge in [0, 0.05) is 33.2 Å². The fraction of sp³-hybridized carbons (Fsp3) is 0. The van der Waals surface area contributed by atoms with Crippen molar-refractivity contribution < 1.29 is 0 Å². The van der Waals surface area contributed by atoms with Crippen LogP contribution < -0.4 is 0 Å². The van der Waals surface area contributed by atoms with E-state index >= 15 is 0 Å². The Kier molecular flexibility index (Phi) is 7.03. The second-order valence-corrected chi connectivity index (χ2v) is 12.8. The molecule has 0 unspecified atom stereocenters. The Bertz CT molecular complexity index is 2820. The van der Waals surface area contributed by atoms with Gasteiger partial charge in [-0.1, -0.05) is 146 Å². The average Bonchev–Trinajstić information content (AvgIpc) is 3.78. The van der Waals surface area contributed by atoms with Gasteiger partial charge in [0.1, 0.15) is 5.82 Å². The fourth-order valence-corrected chi connectivity index (χ4v) is 7.14. The standard InChI is InChI=1S/C46H30N6/c1-4-14-31(15-5-1)32-24-26-35(27-25-32)45-47-39-21-11-13-23-42(39)51(45)36-28-29-41-38(30-36)37-20-10-12-22-40(37)52(41)46-49-43(33-16-6-2-7-17-33)48-44(50-46)34-18-8-3-9-19-34/h1-30H. The van der Waals surface area contributed by atoms with E-state index in [2.05, 4.69) is 118 Å². The summed E-state index contributed by atoms with van der Waals surface area (Å²) in [6.45, 7) is 0. The molecule has 0 bridgehead atoms. The molecular formula is C46H30N6. The van der Waals surface area contributed by atoms with Gasteiger partial charge in [-0.05, 0) is 47.5 Å². The highest BCUT2D eigenvalue weighted by molar-refractivity contribution is 6.10. The topological polar surface area (TPSA) is 61.4 Å². The first-order valence-corrected chi connectivity index (χ1v) is 17.3. The van der Waals surface area contributed by atoms with Crippen molar-refractivity contribution in [3.8, 4) is 56.9 Å². The lowest BCUT2D eigenvalue weighted by molar-refractivity contribution is 0.953. The summed E-state index contributed by atoms with van der Waals surface area (Å²) in [5.74, 6) is 2.71. The Morgan fingerprint density at radius 2 is 0.846 bits per heavy atom. The molecule has 10 rings (SSSR count). The van der Waals surface area contributed by atoms with Crippen LogP contribution >= 0.6 is 0 Å². The van der Waals surface area contributed by atoms with Crippen LogP contribution in [0.1, 0.15) is 0 Å². The monoisotopic (exact) mass is 666 g/mol. The molecule has 3 heterocycles. The zero-order valence-electron chi connectivity index (χ0n) is 28.0. The van der Waals surface area contributed by atoms with Crippen molar-refractivity contribution in [2.75, 3.05) is 0 Å². The third kappa shape index (κ3) is 5.05. The van der Waals surface area contributed by atoms with E-state index in [0.29, 0.717) is 17.6 Å². The lowest BCUT2D eigenvalue weighted by Gasteiger charge is -2.12. The maximum atomic E-state index is 5.16. The van der Waals surface area contributed by atoms with Gasteiger partial charge >= 0.3 is 0 Å². The molecule has 52 heavy (non-hydrogen) atoms. The van der Waals surface area contributed by atoms with Gasteiger partial charge in [-0.15, -0.1) is 0 Å². The number of imidazole rings is 1. The quantitative estimate of drug-likeness (QED) is 0.177. The first kappa shape index (κ1) is 29.7. The Balaban J connectivity index is 1.17.